The van der Waals surface area contributed by atoms with Crippen LogP contribution >= 0.6 is 0 Å². The second kappa shape index (κ2) is 9.39. The van der Waals surface area contributed by atoms with Gasteiger partial charge in [-0.25, -0.2) is 10.6 Å². The van der Waals surface area contributed by atoms with Crippen molar-refractivity contribution in [2.45, 2.75) is 19.6 Å². The van der Waals surface area contributed by atoms with Crippen LogP contribution in [0.5, 0.6) is 0 Å². The standard InChI is InChI=1S/C18H17N3O3.C2HF3O2/c1-2-21(19)16(22)11-20-14-9-5-3-7-12(14)17(18(23)24)13-8-4-6-10-15(13)20;3-2(4,5)1(6)7/h3-10H,2,11,19H2,1H3;(H,6,7). The molecule has 2 aromatic carbocycles. The Hall–Kier alpha value is -3.73. The quantitative estimate of drug-likeness (QED) is 0.206. The highest BCUT2D eigenvalue weighted by Crippen LogP contribution is 2.24. The van der Waals surface area contributed by atoms with Crippen LogP contribution < -0.4 is 15.5 Å². The van der Waals surface area contributed by atoms with Crippen molar-refractivity contribution in [2.75, 3.05) is 6.54 Å². The molecule has 0 aliphatic heterocycles. The summed E-state index contributed by atoms with van der Waals surface area (Å²) in [6.07, 6.45) is -5.19. The normalized spacial score (nSPS) is 11.0. The fourth-order valence-electron chi connectivity index (χ4n) is 2.92. The summed E-state index contributed by atoms with van der Waals surface area (Å²) in [6.45, 7) is 2.25. The lowest BCUT2D eigenvalue weighted by atomic mass is 10.0. The summed E-state index contributed by atoms with van der Waals surface area (Å²) in [5.74, 6) is 1.47. The van der Waals surface area contributed by atoms with Gasteiger partial charge in [0.15, 0.2) is 0 Å². The van der Waals surface area contributed by atoms with Crippen LogP contribution in [0.2, 0.25) is 0 Å². The fraction of sp³-hybridized carbons (Fsp3) is 0.200. The SMILES string of the molecule is CCN(N)C(=O)C[n+]1c2ccccc2c(C(=O)O)c2ccccc21.O=C([O-])C(F)(F)F. The summed E-state index contributed by atoms with van der Waals surface area (Å²) in [5.41, 5.74) is 1.61. The maximum Gasteiger partial charge on any atom is 0.430 e. The first-order chi connectivity index (χ1) is 14.5. The van der Waals surface area contributed by atoms with E-state index in [1.807, 2.05) is 28.8 Å². The average molecular weight is 437 g/mol. The van der Waals surface area contributed by atoms with E-state index in [0.717, 1.165) is 5.01 Å². The number of benzene rings is 2. The number of nitrogens with zero attached hydrogens (tertiary/aromatic N) is 2. The molecule has 1 amide bonds. The largest absolute Gasteiger partial charge is 0.542 e. The molecule has 0 spiro atoms. The van der Waals surface area contributed by atoms with E-state index in [4.69, 9.17) is 15.7 Å². The van der Waals surface area contributed by atoms with Gasteiger partial charge in [-0.1, -0.05) is 24.3 Å². The molecule has 11 heteroatoms. The van der Waals surface area contributed by atoms with E-state index in [1.165, 1.54) is 0 Å². The Morgan fingerprint density at radius 3 is 1.81 bits per heavy atom. The van der Waals surface area contributed by atoms with Crippen LogP contribution in [-0.2, 0) is 16.1 Å². The third-order valence-electron chi connectivity index (χ3n) is 4.33. The van der Waals surface area contributed by atoms with Crippen molar-refractivity contribution in [2.24, 2.45) is 5.84 Å². The zero-order valence-corrected chi connectivity index (χ0v) is 16.2. The number of carboxylic acid groups (broad SMARTS) is 2. The molecule has 164 valence electrons. The Balaban J connectivity index is 0.000000423. The van der Waals surface area contributed by atoms with Gasteiger partial charge in [-0.2, -0.15) is 17.7 Å². The molecule has 0 saturated carbocycles. The Kier molecular flexibility index (Phi) is 7.13. The molecule has 0 atom stereocenters. The predicted molar refractivity (Wildman–Crippen MR) is 101 cm³/mol. The highest BCUT2D eigenvalue weighted by atomic mass is 19.4. The summed E-state index contributed by atoms with van der Waals surface area (Å²) in [6, 6.07) is 14.4. The van der Waals surface area contributed by atoms with Crippen molar-refractivity contribution in [1.29, 1.82) is 0 Å². The average Bonchev–Trinajstić information content (AvgIpc) is 2.72. The van der Waals surface area contributed by atoms with Gasteiger partial charge in [-0.3, -0.25) is 9.80 Å². The van der Waals surface area contributed by atoms with Crippen molar-refractivity contribution >= 4 is 39.7 Å². The van der Waals surface area contributed by atoms with Crippen molar-refractivity contribution in [3.8, 4) is 0 Å². The number of carboxylic acids is 2. The molecule has 3 rings (SSSR count). The van der Waals surface area contributed by atoms with Crippen LogP contribution in [0, 0.1) is 0 Å². The van der Waals surface area contributed by atoms with E-state index >= 15 is 0 Å². The zero-order valence-electron chi connectivity index (χ0n) is 16.2. The first kappa shape index (κ1) is 23.5. The van der Waals surface area contributed by atoms with E-state index in [1.54, 1.807) is 31.2 Å². The van der Waals surface area contributed by atoms with E-state index < -0.39 is 18.1 Å². The number of halogens is 3. The zero-order chi connectivity index (χ0) is 23.3. The Morgan fingerprint density at radius 1 is 1.03 bits per heavy atom. The number of para-hydroxylation sites is 2. The van der Waals surface area contributed by atoms with E-state index in [9.17, 15) is 27.9 Å². The molecule has 0 saturated heterocycles. The van der Waals surface area contributed by atoms with Crippen LogP contribution in [0.3, 0.4) is 0 Å². The molecule has 0 fully saturated rings. The maximum absolute atomic E-state index is 12.3. The fourth-order valence-corrected chi connectivity index (χ4v) is 2.92. The number of fused-ring (bicyclic) bond motifs is 2. The molecule has 8 nitrogen and oxygen atoms in total. The number of carbonyl (C=O) groups excluding carboxylic acids is 2. The molecule has 31 heavy (non-hydrogen) atoms. The molecule has 3 aromatic rings. The number of carbonyl (C=O) groups is 3. The van der Waals surface area contributed by atoms with Gasteiger partial charge in [0, 0.05) is 18.7 Å². The molecule has 0 bridgehead atoms. The predicted octanol–water partition coefficient (Wildman–Crippen LogP) is 1.000. The number of aliphatic carboxylic acids is 1. The van der Waals surface area contributed by atoms with Gasteiger partial charge < -0.3 is 15.0 Å². The number of aromatic carboxylic acids is 1. The molecule has 0 unspecified atom stereocenters. The highest BCUT2D eigenvalue weighted by molar-refractivity contribution is 6.12. The Morgan fingerprint density at radius 2 is 1.45 bits per heavy atom. The number of aromatic nitrogens is 1. The van der Waals surface area contributed by atoms with Gasteiger partial charge in [-0.15, -0.1) is 0 Å². The lowest BCUT2D eigenvalue weighted by Gasteiger charge is -2.14. The molecule has 1 aromatic heterocycles. The van der Waals surface area contributed by atoms with Crippen LogP contribution in [0.25, 0.3) is 21.8 Å². The smallest absolute Gasteiger partial charge is 0.430 e. The summed E-state index contributed by atoms with van der Waals surface area (Å²) in [4.78, 5) is 32.9. The topological polar surface area (TPSA) is 128 Å². The van der Waals surface area contributed by atoms with Crippen molar-refractivity contribution in [3.05, 3.63) is 54.1 Å². The van der Waals surface area contributed by atoms with E-state index in [2.05, 4.69) is 0 Å². The second-order valence-electron chi connectivity index (χ2n) is 6.27. The summed E-state index contributed by atoms with van der Waals surface area (Å²) in [7, 11) is 0. The first-order valence-electron chi connectivity index (χ1n) is 8.88. The van der Waals surface area contributed by atoms with Gasteiger partial charge in [0.05, 0.1) is 16.3 Å². The lowest BCUT2D eigenvalue weighted by Crippen LogP contribution is -2.48. The van der Waals surface area contributed by atoms with Crippen LogP contribution in [0.15, 0.2) is 48.5 Å². The number of amides is 1. The summed E-state index contributed by atoms with van der Waals surface area (Å²) >= 11 is 0. The Labute approximate surface area is 173 Å². The minimum Gasteiger partial charge on any atom is -0.542 e. The number of pyridine rings is 1. The van der Waals surface area contributed by atoms with Gasteiger partial charge in [-0.05, 0) is 19.1 Å². The molecule has 1 heterocycles. The lowest BCUT2D eigenvalue weighted by molar-refractivity contribution is -0.632. The van der Waals surface area contributed by atoms with Gasteiger partial charge in [0.25, 0.3) is 0 Å². The van der Waals surface area contributed by atoms with E-state index in [-0.39, 0.29) is 18.0 Å². The molecule has 3 N–H and O–H groups in total. The van der Waals surface area contributed by atoms with E-state index in [0.29, 0.717) is 28.4 Å². The number of rotatable bonds is 4. The van der Waals surface area contributed by atoms with Crippen LogP contribution in [-0.4, -0.2) is 40.7 Å². The minimum absolute atomic E-state index is 0.0469. The number of hydrazine groups is 1. The van der Waals surface area contributed by atoms with Crippen LogP contribution in [0.4, 0.5) is 13.2 Å². The second-order valence-corrected chi connectivity index (χ2v) is 6.27. The van der Waals surface area contributed by atoms with Gasteiger partial charge >= 0.3 is 18.1 Å². The molecular formula is C20H18F3N3O5. The first-order valence-corrected chi connectivity index (χ1v) is 8.88. The minimum atomic E-state index is -5.19. The third-order valence-corrected chi connectivity index (χ3v) is 4.33. The van der Waals surface area contributed by atoms with Gasteiger partial charge in [0.1, 0.15) is 5.97 Å². The number of hydrogen-bond donors (Lipinski definition) is 2. The number of alkyl halides is 3. The van der Waals surface area contributed by atoms with Gasteiger partial charge in [0.2, 0.25) is 17.6 Å². The van der Waals surface area contributed by atoms with Crippen molar-refractivity contribution in [3.63, 3.8) is 0 Å². The molecular weight excluding hydrogens is 419 g/mol. The monoisotopic (exact) mass is 437 g/mol. The molecule has 0 aliphatic carbocycles. The summed E-state index contributed by atoms with van der Waals surface area (Å²) < 4.78 is 33.4. The van der Waals surface area contributed by atoms with Crippen molar-refractivity contribution in [1.82, 2.24) is 5.01 Å². The number of hydrogen-bond acceptors (Lipinski definition) is 5. The Bertz CT molecular complexity index is 1090. The molecule has 0 aliphatic rings. The maximum atomic E-state index is 12.3. The van der Waals surface area contributed by atoms with Crippen LogP contribution in [0.1, 0.15) is 17.3 Å². The number of likely N-dealkylation sites (N-methyl/N-ethyl adjacent to an activating group) is 1. The molecule has 0 radical (unpaired) electrons. The van der Waals surface area contributed by atoms with Crippen molar-refractivity contribution < 1.29 is 42.3 Å². The third kappa shape index (κ3) is 5.25. The summed E-state index contributed by atoms with van der Waals surface area (Å²) in [5, 5.41) is 20.8. The highest BCUT2D eigenvalue weighted by Gasteiger charge is 2.29. The number of nitrogens with two attached hydrogens (primary N) is 1.